The molecule has 2 aromatic rings. The summed E-state index contributed by atoms with van der Waals surface area (Å²) in [4.78, 5) is 4.38. The summed E-state index contributed by atoms with van der Waals surface area (Å²) in [6, 6.07) is 6.17. The van der Waals surface area contributed by atoms with Gasteiger partial charge in [0.15, 0.2) is 5.58 Å². The summed E-state index contributed by atoms with van der Waals surface area (Å²) >= 11 is 0. The van der Waals surface area contributed by atoms with E-state index in [1.807, 2.05) is 18.2 Å². The van der Waals surface area contributed by atoms with Crippen molar-refractivity contribution >= 4 is 22.8 Å². The monoisotopic (exact) mass is 217 g/mol. The van der Waals surface area contributed by atoms with Crippen molar-refractivity contribution in [3.05, 3.63) is 18.2 Å². The molecule has 4 nitrogen and oxygen atoms in total. The van der Waals surface area contributed by atoms with Gasteiger partial charge in [-0.25, -0.2) is 0 Å². The molecule has 4 heteroatoms. The summed E-state index contributed by atoms with van der Waals surface area (Å²) in [5, 5.41) is 3.34. The molecule has 1 saturated carbocycles. The highest BCUT2D eigenvalue weighted by Crippen LogP contribution is 2.35. The van der Waals surface area contributed by atoms with Crippen LogP contribution in [-0.2, 0) is 0 Å². The summed E-state index contributed by atoms with van der Waals surface area (Å²) in [6.07, 6.45) is 3.61. The van der Waals surface area contributed by atoms with Gasteiger partial charge in [-0.2, -0.15) is 4.98 Å². The number of rotatable bonds is 2. The standard InChI is InChI=1S/C12H15N3O/c1-12(6-3-7-12)15-11-14-10-8(13)4-2-5-9(10)16-11/h2,4-5H,3,6-7,13H2,1H3,(H,14,15). The summed E-state index contributed by atoms with van der Waals surface area (Å²) < 4.78 is 5.62. The molecule has 1 heterocycles. The maximum atomic E-state index is 5.83. The van der Waals surface area contributed by atoms with Crippen LogP contribution in [0.25, 0.3) is 11.1 Å². The van der Waals surface area contributed by atoms with Crippen LogP contribution in [0.2, 0.25) is 0 Å². The Hall–Kier alpha value is -1.71. The van der Waals surface area contributed by atoms with E-state index < -0.39 is 0 Å². The van der Waals surface area contributed by atoms with Crippen LogP contribution in [0.5, 0.6) is 0 Å². The fraction of sp³-hybridized carbons (Fsp3) is 0.417. The third kappa shape index (κ3) is 1.41. The quantitative estimate of drug-likeness (QED) is 0.759. The number of nitrogens with one attached hydrogen (secondary N) is 1. The molecule has 0 saturated heterocycles. The highest BCUT2D eigenvalue weighted by molar-refractivity contribution is 5.86. The van der Waals surface area contributed by atoms with Gasteiger partial charge in [0.1, 0.15) is 5.52 Å². The molecule has 0 spiro atoms. The van der Waals surface area contributed by atoms with E-state index in [2.05, 4.69) is 17.2 Å². The predicted molar refractivity (Wildman–Crippen MR) is 64.3 cm³/mol. The van der Waals surface area contributed by atoms with Gasteiger partial charge in [-0.3, -0.25) is 0 Å². The second-order valence-corrected chi connectivity index (χ2v) is 4.75. The highest BCUT2D eigenvalue weighted by Gasteiger charge is 2.32. The van der Waals surface area contributed by atoms with Crippen LogP contribution < -0.4 is 11.1 Å². The molecule has 0 atom stereocenters. The molecule has 0 bridgehead atoms. The number of hydrogen-bond acceptors (Lipinski definition) is 4. The van der Waals surface area contributed by atoms with Gasteiger partial charge in [0.25, 0.3) is 6.01 Å². The van der Waals surface area contributed by atoms with Crippen LogP contribution in [0.3, 0.4) is 0 Å². The van der Waals surface area contributed by atoms with Crippen LogP contribution in [0.1, 0.15) is 26.2 Å². The van der Waals surface area contributed by atoms with Gasteiger partial charge in [-0.15, -0.1) is 0 Å². The summed E-state index contributed by atoms with van der Waals surface area (Å²) in [7, 11) is 0. The number of para-hydroxylation sites is 1. The lowest BCUT2D eigenvalue weighted by Gasteiger charge is -2.38. The first-order valence-electron chi connectivity index (χ1n) is 5.60. The van der Waals surface area contributed by atoms with Gasteiger partial charge >= 0.3 is 0 Å². The van der Waals surface area contributed by atoms with E-state index in [4.69, 9.17) is 10.2 Å². The zero-order valence-electron chi connectivity index (χ0n) is 9.29. The summed E-state index contributed by atoms with van der Waals surface area (Å²) in [5.74, 6) is 0. The largest absolute Gasteiger partial charge is 0.423 e. The Balaban J connectivity index is 1.96. The van der Waals surface area contributed by atoms with E-state index in [-0.39, 0.29) is 5.54 Å². The number of fused-ring (bicyclic) bond motifs is 1. The maximum Gasteiger partial charge on any atom is 0.296 e. The molecule has 1 aliphatic rings. The highest BCUT2D eigenvalue weighted by atomic mass is 16.4. The van der Waals surface area contributed by atoms with Crippen molar-refractivity contribution in [2.24, 2.45) is 0 Å². The van der Waals surface area contributed by atoms with Crippen LogP contribution in [0.15, 0.2) is 22.6 Å². The Labute approximate surface area is 93.8 Å². The Bertz CT molecular complexity index is 528. The van der Waals surface area contributed by atoms with Crippen molar-refractivity contribution in [3.63, 3.8) is 0 Å². The van der Waals surface area contributed by atoms with Gasteiger partial charge in [-0.1, -0.05) is 6.07 Å². The van der Waals surface area contributed by atoms with Gasteiger partial charge in [0, 0.05) is 5.54 Å². The maximum absolute atomic E-state index is 5.83. The molecule has 3 rings (SSSR count). The first-order valence-corrected chi connectivity index (χ1v) is 5.60. The lowest BCUT2D eigenvalue weighted by atomic mass is 9.79. The predicted octanol–water partition coefficient (Wildman–Crippen LogP) is 2.76. The summed E-state index contributed by atoms with van der Waals surface area (Å²) in [5.41, 5.74) is 8.12. The number of oxazole rings is 1. The average molecular weight is 217 g/mol. The third-order valence-corrected chi connectivity index (χ3v) is 3.32. The van der Waals surface area contributed by atoms with Crippen LogP contribution in [0.4, 0.5) is 11.7 Å². The van der Waals surface area contributed by atoms with Crippen LogP contribution in [-0.4, -0.2) is 10.5 Å². The minimum atomic E-state index is 0.148. The zero-order valence-corrected chi connectivity index (χ0v) is 9.29. The number of hydrogen-bond donors (Lipinski definition) is 2. The molecule has 0 aliphatic heterocycles. The van der Waals surface area contributed by atoms with E-state index in [0.717, 1.165) is 11.1 Å². The van der Waals surface area contributed by atoms with Crippen molar-refractivity contribution in [1.82, 2.24) is 4.98 Å². The normalized spacial score (nSPS) is 18.3. The number of benzene rings is 1. The Kier molecular flexibility index (Phi) is 1.87. The van der Waals surface area contributed by atoms with E-state index in [1.54, 1.807) is 0 Å². The fourth-order valence-corrected chi connectivity index (χ4v) is 2.11. The molecule has 84 valence electrons. The van der Waals surface area contributed by atoms with Crippen molar-refractivity contribution < 1.29 is 4.42 Å². The molecule has 1 aromatic heterocycles. The fourth-order valence-electron chi connectivity index (χ4n) is 2.11. The minimum Gasteiger partial charge on any atom is -0.423 e. The van der Waals surface area contributed by atoms with Crippen LogP contribution >= 0.6 is 0 Å². The van der Waals surface area contributed by atoms with Crippen LogP contribution in [0, 0.1) is 0 Å². The number of nitrogen functional groups attached to an aromatic ring is 1. The van der Waals surface area contributed by atoms with Gasteiger partial charge < -0.3 is 15.5 Å². The molecule has 16 heavy (non-hydrogen) atoms. The van der Waals surface area contributed by atoms with Gasteiger partial charge in [-0.05, 0) is 38.3 Å². The van der Waals surface area contributed by atoms with Gasteiger partial charge in [0.2, 0.25) is 0 Å². The first-order chi connectivity index (χ1) is 7.66. The van der Waals surface area contributed by atoms with Crippen molar-refractivity contribution in [2.45, 2.75) is 31.7 Å². The first kappa shape index (κ1) is 9.51. The molecule has 3 N–H and O–H groups in total. The van der Waals surface area contributed by atoms with E-state index in [0.29, 0.717) is 11.7 Å². The third-order valence-electron chi connectivity index (χ3n) is 3.32. The number of nitrogens with zero attached hydrogens (tertiary/aromatic N) is 1. The van der Waals surface area contributed by atoms with Crippen molar-refractivity contribution in [1.29, 1.82) is 0 Å². The van der Waals surface area contributed by atoms with Crippen molar-refractivity contribution in [2.75, 3.05) is 11.1 Å². The number of nitrogens with two attached hydrogens (primary N) is 1. The molecule has 0 radical (unpaired) electrons. The molecule has 1 fully saturated rings. The Morgan fingerprint density at radius 1 is 1.44 bits per heavy atom. The topological polar surface area (TPSA) is 64.1 Å². The Morgan fingerprint density at radius 2 is 2.25 bits per heavy atom. The average Bonchev–Trinajstić information content (AvgIpc) is 2.59. The molecular formula is C12H15N3O. The Morgan fingerprint density at radius 3 is 2.88 bits per heavy atom. The van der Waals surface area contributed by atoms with E-state index in [9.17, 15) is 0 Å². The van der Waals surface area contributed by atoms with E-state index in [1.165, 1.54) is 19.3 Å². The second kappa shape index (κ2) is 3.14. The second-order valence-electron chi connectivity index (χ2n) is 4.75. The zero-order chi connectivity index (χ0) is 11.2. The lowest BCUT2D eigenvalue weighted by molar-refractivity contribution is 0.299. The molecule has 0 unspecified atom stereocenters. The minimum absolute atomic E-state index is 0.148. The SMILES string of the molecule is CC1(Nc2nc3c(N)cccc3o2)CCC1. The molecule has 1 aliphatic carbocycles. The van der Waals surface area contributed by atoms with Gasteiger partial charge in [0.05, 0.1) is 5.69 Å². The molecule has 1 aromatic carbocycles. The summed E-state index contributed by atoms with van der Waals surface area (Å²) in [6.45, 7) is 2.19. The number of anilines is 2. The molecule has 0 amide bonds. The number of aromatic nitrogens is 1. The molecular weight excluding hydrogens is 202 g/mol. The van der Waals surface area contributed by atoms with Crippen molar-refractivity contribution in [3.8, 4) is 0 Å². The van der Waals surface area contributed by atoms with E-state index >= 15 is 0 Å². The lowest BCUT2D eigenvalue weighted by Crippen LogP contribution is -2.41. The smallest absolute Gasteiger partial charge is 0.296 e.